The number of ether oxygens (including phenoxy) is 2. The zero-order valence-corrected chi connectivity index (χ0v) is 17.2. The van der Waals surface area contributed by atoms with Gasteiger partial charge in [-0.25, -0.2) is 9.97 Å². The van der Waals surface area contributed by atoms with Crippen LogP contribution in [0.5, 0.6) is 11.5 Å². The van der Waals surface area contributed by atoms with Gasteiger partial charge < -0.3 is 14.8 Å². The van der Waals surface area contributed by atoms with E-state index in [0.717, 1.165) is 59.3 Å². The van der Waals surface area contributed by atoms with Gasteiger partial charge in [-0.2, -0.15) is 0 Å². The molecule has 0 fully saturated rings. The van der Waals surface area contributed by atoms with E-state index in [-0.39, 0.29) is 0 Å². The van der Waals surface area contributed by atoms with Crippen molar-refractivity contribution >= 4 is 23.2 Å². The van der Waals surface area contributed by atoms with Crippen LogP contribution in [-0.2, 0) is 19.5 Å². The van der Waals surface area contributed by atoms with Crippen molar-refractivity contribution in [2.24, 2.45) is 0 Å². The molecule has 0 amide bonds. The number of nitrogens with zero attached hydrogens (tertiary/aromatic N) is 3. The maximum atomic E-state index is 6.31. The molecule has 2 aromatic carbocycles. The van der Waals surface area contributed by atoms with Gasteiger partial charge in [0.2, 0.25) is 5.95 Å². The first-order chi connectivity index (χ1) is 14.2. The van der Waals surface area contributed by atoms with Gasteiger partial charge in [0, 0.05) is 48.9 Å². The summed E-state index contributed by atoms with van der Waals surface area (Å²) in [6.45, 7) is 2.56. The predicted octanol–water partition coefficient (Wildman–Crippen LogP) is 4.45. The van der Waals surface area contributed by atoms with Gasteiger partial charge in [-0.1, -0.05) is 29.8 Å². The number of methoxy groups -OCH3 is 2. The summed E-state index contributed by atoms with van der Waals surface area (Å²) in [6, 6.07) is 13.6. The van der Waals surface area contributed by atoms with Crippen LogP contribution in [0.2, 0.25) is 5.02 Å². The van der Waals surface area contributed by atoms with E-state index in [1.165, 1.54) is 0 Å². The summed E-state index contributed by atoms with van der Waals surface area (Å²) in [5, 5.41) is 4.06. The molecule has 29 heavy (non-hydrogen) atoms. The van der Waals surface area contributed by atoms with Gasteiger partial charge in [0.15, 0.2) is 0 Å². The maximum Gasteiger partial charge on any atom is 0.227 e. The van der Waals surface area contributed by atoms with Crippen molar-refractivity contribution in [1.29, 1.82) is 0 Å². The van der Waals surface area contributed by atoms with Crippen LogP contribution in [0.15, 0.2) is 48.7 Å². The molecule has 0 bridgehead atoms. The highest BCUT2D eigenvalue weighted by Gasteiger charge is 2.19. The van der Waals surface area contributed by atoms with Crippen LogP contribution in [0.25, 0.3) is 0 Å². The highest BCUT2D eigenvalue weighted by Crippen LogP contribution is 2.31. The van der Waals surface area contributed by atoms with Gasteiger partial charge >= 0.3 is 0 Å². The molecule has 1 aliphatic heterocycles. The molecule has 2 heterocycles. The minimum atomic E-state index is 0.551. The number of fused-ring (bicyclic) bond motifs is 1. The van der Waals surface area contributed by atoms with Crippen LogP contribution in [0, 0.1) is 0 Å². The lowest BCUT2D eigenvalue weighted by Gasteiger charge is -2.28. The molecule has 0 aliphatic carbocycles. The molecule has 150 valence electrons. The summed E-state index contributed by atoms with van der Waals surface area (Å²) < 4.78 is 10.7. The number of hydrogen-bond donors (Lipinski definition) is 1. The summed E-state index contributed by atoms with van der Waals surface area (Å²) in [7, 11) is 3.27. The summed E-state index contributed by atoms with van der Waals surface area (Å²) in [6.07, 6.45) is 2.77. The second-order valence-corrected chi connectivity index (χ2v) is 7.32. The Labute approximate surface area is 175 Å². The first-order valence-corrected chi connectivity index (χ1v) is 9.83. The normalized spacial score (nSPS) is 13.6. The van der Waals surface area contributed by atoms with Gasteiger partial charge in [0.25, 0.3) is 0 Å². The average Bonchev–Trinajstić information content (AvgIpc) is 2.75. The minimum absolute atomic E-state index is 0.551. The zero-order chi connectivity index (χ0) is 20.2. The number of nitrogens with one attached hydrogen (secondary N) is 1. The van der Waals surface area contributed by atoms with Gasteiger partial charge in [0.1, 0.15) is 11.5 Å². The van der Waals surface area contributed by atoms with Crippen LogP contribution in [0.3, 0.4) is 0 Å². The minimum Gasteiger partial charge on any atom is -0.497 e. The van der Waals surface area contributed by atoms with Gasteiger partial charge in [0.05, 0.1) is 25.6 Å². The van der Waals surface area contributed by atoms with Crippen LogP contribution in [0.1, 0.15) is 16.8 Å². The molecule has 0 spiro atoms. The Morgan fingerprint density at radius 3 is 2.79 bits per heavy atom. The summed E-state index contributed by atoms with van der Waals surface area (Å²) in [4.78, 5) is 11.6. The molecular weight excluding hydrogens is 388 g/mol. The summed E-state index contributed by atoms with van der Waals surface area (Å²) >= 11 is 6.31. The van der Waals surface area contributed by atoms with E-state index in [9.17, 15) is 0 Å². The second kappa shape index (κ2) is 8.68. The third-order valence-electron chi connectivity index (χ3n) is 5.02. The topological polar surface area (TPSA) is 59.5 Å². The number of rotatable bonds is 6. The fourth-order valence-corrected chi connectivity index (χ4v) is 3.67. The van der Waals surface area contributed by atoms with Crippen LogP contribution < -0.4 is 14.8 Å². The number of halogens is 1. The summed E-state index contributed by atoms with van der Waals surface area (Å²) in [5.74, 6) is 1.99. The Hall–Kier alpha value is -2.83. The highest BCUT2D eigenvalue weighted by atomic mass is 35.5. The van der Waals surface area contributed by atoms with Crippen molar-refractivity contribution in [3.8, 4) is 11.5 Å². The molecule has 0 unspecified atom stereocenters. The Balaban J connectivity index is 1.49. The van der Waals surface area contributed by atoms with Crippen molar-refractivity contribution in [3.63, 3.8) is 0 Å². The van der Waals surface area contributed by atoms with Crippen molar-refractivity contribution in [2.45, 2.75) is 19.5 Å². The van der Waals surface area contributed by atoms with Crippen molar-refractivity contribution in [3.05, 3.63) is 70.5 Å². The number of benzene rings is 2. The van der Waals surface area contributed by atoms with Crippen molar-refractivity contribution < 1.29 is 9.47 Å². The molecule has 1 aromatic heterocycles. The van der Waals surface area contributed by atoms with Crippen LogP contribution in [0.4, 0.5) is 11.6 Å². The van der Waals surface area contributed by atoms with E-state index >= 15 is 0 Å². The first-order valence-electron chi connectivity index (χ1n) is 9.46. The van der Waals surface area contributed by atoms with Gasteiger partial charge in [-0.05, 0) is 23.8 Å². The molecule has 4 rings (SSSR count). The molecule has 1 aliphatic rings. The van der Waals surface area contributed by atoms with E-state index in [1.54, 1.807) is 14.2 Å². The SMILES string of the molecule is COc1ccc(OC)c(Nc2ncc3c(n2)CCN(Cc2ccccc2Cl)C3)c1. The van der Waals surface area contributed by atoms with Crippen LogP contribution in [-0.4, -0.2) is 35.6 Å². The van der Waals surface area contributed by atoms with E-state index in [4.69, 9.17) is 26.1 Å². The predicted molar refractivity (Wildman–Crippen MR) is 114 cm³/mol. The average molecular weight is 411 g/mol. The first kappa shape index (κ1) is 19.5. The van der Waals surface area contributed by atoms with Crippen molar-refractivity contribution in [2.75, 3.05) is 26.1 Å². The Morgan fingerprint density at radius 1 is 1.14 bits per heavy atom. The lowest BCUT2D eigenvalue weighted by atomic mass is 10.1. The van der Waals surface area contributed by atoms with Crippen LogP contribution >= 0.6 is 11.6 Å². The molecule has 0 saturated heterocycles. The highest BCUT2D eigenvalue weighted by molar-refractivity contribution is 6.31. The molecule has 0 radical (unpaired) electrons. The molecule has 1 N–H and O–H groups in total. The number of aromatic nitrogens is 2. The molecule has 6 nitrogen and oxygen atoms in total. The number of anilines is 2. The molecule has 0 atom stereocenters. The lowest BCUT2D eigenvalue weighted by Crippen LogP contribution is -2.31. The van der Waals surface area contributed by atoms with E-state index < -0.39 is 0 Å². The largest absolute Gasteiger partial charge is 0.497 e. The fourth-order valence-electron chi connectivity index (χ4n) is 3.47. The maximum absolute atomic E-state index is 6.31. The quantitative estimate of drug-likeness (QED) is 0.647. The van der Waals surface area contributed by atoms with E-state index in [1.807, 2.05) is 42.6 Å². The monoisotopic (exact) mass is 410 g/mol. The van der Waals surface area contributed by atoms with E-state index in [0.29, 0.717) is 11.7 Å². The second-order valence-electron chi connectivity index (χ2n) is 6.91. The van der Waals surface area contributed by atoms with Gasteiger partial charge in [-0.15, -0.1) is 0 Å². The summed E-state index contributed by atoms with van der Waals surface area (Å²) in [5.41, 5.74) is 4.12. The fraction of sp³-hybridized carbons (Fsp3) is 0.273. The van der Waals surface area contributed by atoms with Crippen molar-refractivity contribution in [1.82, 2.24) is 14.9 Å². The standard InChI is InChI=1S/C22H23ClN4O2/c1-28-17-7-8-21(29-2)20(11-17)26-22-24-12-16-14-27(10-9-19(16)25-22)13-15-5-3-4-6-18(15)23/h3-8,11-12H,9-10,13-14H2,1-2H3,(H,24,25,26). The third kappa shape index (κ3) is 4.44. The van der Waals surface area contributed by atoms with E-state index in [2.05, 4.69) is 21.3 Å². The Bertz CT molecular complexity index is 1010. The smallest absolute Gasteiger partial charge is 0.227 e. The Morgan fingerprint density at radius 2 is 2.00 bits per heavy atom. The Kier molecular flexibility index (Phi) is 5.83. The van der Waals surface area contributed by atoms with Gasteiger partial charge in [-0.3, -0.25) is 4.90 Å². The lowest BCUT2D eigenvalue weighted by molar-refractivity contribution is 0.243. The third-order valence-corrected chi connectivity index (χ3v) is 5.39. The molecule has 7 heteroatoms. The zero-order valence-electron chi connectivity index (χ0n) is 16.5. The molecule has 3 aromatic rings. The number of hydrogen-bond acceptors (Lipinski definition) is 6. The molecule has 0 saturated carbocycles. The molecular formula is C22H23ClN4O2.